The Labute approximate surface area is 163 Å². The van der Waals surface area contributed by atoms with E-state index in [4.69, 9.17) is 9.47 Å². The van der Waals surface area contributed by atoms with Gasteiger partial charge in [-0.05, 0) is 37.6 Å². The van der Waals surface area contributed by atoms with E-state index < -0.39 is 0 Å². The van der Waals surface area contributed by atoms with Gasteiger partial charge in [0.1, 0.15) is 12.4 Å². The predicted octanol–water partition coefficient (Wildman–Crippen LogP) is 2.26. The van der Waals surface area contributed by atoms with E-state index in [1.165, 1.54) is 4.90 Å². The second-order valence-corrected chi connectivity index (χ2v) is 7.09. The predicted molar refractivity (Wildman–Crippen MR) is 104 cm³/mol. The fourth-order valence-electron chi connectivity index (χ4n) is 2.33. The Balaban J connectivity index is 1.80. The second-order valence-electron chi connectivity index (χ2n) is 6.03. The zero-order chi connectivity index (χ0) is 19.6. The van der Waals surface area contributed by atoms with E-state index in [0.717, 1.165) is 17.1 Å². The van der Waals surface area contributed by atoms with E-state index in [1.807, 2.05) is 12.3 Å². The van der Waals surface area contributed by atoms with Crippen molar-refractivity contribution >= 4 is 23.2 Å². The normalized spacial score (nSPS) is 10.5. The summed E-state index contributed by atoms with van der Waals surface area (Å²) in [7, 11) is 3.22. The van der Waals surface area contributed by atoms with Crippen LogP contribution in [0.25, 0.3) is 0 Å². The zero-order valence-corrected chi connectivity index (χ0v) is 16.7. The van der Waals surface area contributed by atoms with E-state index in [2.05, 4.69) is 10.3 Å². The minimum atomic E-state index is -0.219. The Hall–Kier alpha value is -2.45. The summed E-state index contributed by atoms with van der Waals surface area (Å²) in [6, 6.07) is 6.87. The highest BCUT2D eigenvalue weighted by Crippen LogP contribution is 2.16. The lowest BCUT2D eigenvalue weighted by atomic mass is 10.2. The molecule has 0 saturated carbocycles. The smallest absolute Gasteiger partial charge is 0.254 e. The molecule has 27 heavy (non-hydrogen) atoms. The molecule has 0 radical (unpaired) electrons. The number of methoxy groups -OCH3 is 1. The number of rotatable bonds is 10. The standard InChI is InChI=1S/C19H25N3O4S/c1-14-21-16(13-27-14)12-26-17-7-5-15(6-8-17)19(24)22(2)11-18(23)20-9-4-10-25-3/h5-8,13H,4,9-12H2,1-3H3,(H,20,23). The number of carbonyl (C=O) groups excluding carboxylic acids is 2. The van der Waals surface area contributed by atoms with Crippen LogP contribution in [0.4, 0.5) is 0 Å². The minimum Gasteiger partial charge on any atom is -0.487 e. The van der Waals surface area contributed by atoms with E-state index >= 15 is 0 Å². The van der Waals surface area contributed by atoms with Crippen molar-refractivity contribution in [3.8, 4) is 5.75 Å². The Bertz CT molecular complexity index is 746. The van der Waals surface area contributed by atoms with Crippen LogP contribution in [0, 0.1) is 6.92 Å². The number of hydrogen-bond acceptors (Lipinski definition) is 6. The molecule has 1 N–H and O–H groups in total. The van der Waals surface area contributed by atoms with Gasteiger partial charge in [-0.3, -0.25) is 9.59 Å². The topological polar surface area (TPSA) is 80.8 Å². The van der Waals surface area contributed by atoms with Crippen molar-refractivity contribution in [2.24, 2.45) is 0 Å². The summed E-state index contributed by atoms with van der Waals surface area (Å²) in [6.45, 7) is 3.46. The van der Waals surface area contributed by atoms with E-state index in [0.29, 0.717) is 31.1 Å². The molecule has 2 amide bonds. The lowest BCUT2D eigenvalue weighted by molar-refractivity contribution is -0.121. The lowest BCUT2D eigenvalue weighted by Crippen LogP contribution is -2.38. The van der Waals surface area contributed by atoms with Gasteiger partial charge < -0.3 is 19.7 Å². The molecule has 0 bridgehead atoms. The molecular formula is C19H25N3O4S. The van der Waals surface area contributed by atoms with Gasteiger partial charge >= 0.3 is 0 Å². The second kappa shape index (κ2) is 10.6. The number of ether oxygens (including phenoxy) is 2. The van der Waals surface area contributed by atoms with Crippen LogP contribution in [-0.4, -0.2) is 55.6 Å². The fourth-order valence-corrected chi connectivity index (χ4v) is 2.93. The molecule has 0 unspecified atom stereocenters. The number of thiazole rings is 1. The highest BCUT2D eigenvalue weighted by Gasteiger charge is 2.15. The van der Waals surface area contributed by atoms with Gasteiger partial charge in [-0.2, -0.15) is 0 Å². The molecule has 146 valence electrons. The van der Waals surface area contributed by atoms with Gasteiger partial charge in [-0.1, -0.05) is 0 Å². The Morgan fingerprint density at radius 1 is 1.26 bits per heavy atom. The quantitative estimate of drug-likeness (QED) is 0.629. The number of likely N-dealkylation sites (N-methyl/N-ethyl adjacent to an activating group) is 1. The van der Waals surface area contributed by atoms with Crippen molar-refractivity contribution in [2.45, 2.75) is 20.0 Å². The zero-order valence-electron chi connectivity index (χ0n) is 15.9. The molecule has 1 aromatic heterocycles. The van der Waals surface area contributed by atoms with Crippen molar-refractivity contribution in [1.82, 2.24) is 15.2 Å². The number of aromatic nitrogens is 1. The van der Waals surface area contributed by atoms with E-state index in [9.17, 15) is 9.59 Å². The van der Waals surface area contributed by atoms with Crippen LogP contribution < -0.4 is 10.1 Å². The molecule has 2 aromatic rings. The average molecular weight is 391 g/mol. The molecule has 0 aliphatic carbocycles. The summed E-state index contributed by atoms with van der Waals surface area (Å²) in [5.41, 5.74) is 1.38. The highest BCUT2D eigenvalue weighted by atomic mass is 32.1. The Morgan fingerprint density at radius 2 is 2.00 bits per heavy atom. The third-order valence-corrected chi connectivity index (χ3v) is 4.55. The minimum absolute atomic E-state index is 0.00719. The molecule has 1 aromatic carbocycles. The number of aryl methyl sites for hydroxylation is 1. The molecule has 0 aliphatic heterocycles. The van der Waals surface area contributed by atoms with Gasteiger partial charge in [0.2, 0.25) is 5.91 Å². The van der Waals surface area contributed by atoms with Crippen LogP contribution in [0.2, 0.25) is 0 Å². The molecule has 0 spiro atoms. The van der Waals surface area contributed by atoms with Gasteiger partial charge in [0.15, 0.2) is 0 Å². The van der Waals surface area contributed by atoms with Crippen LogP contribution in [0.15, 0.2) is 29.6 Å². The monoisotopic (exact) mass is 391 g/mol. The van der Waals surface area contributed by atoms with Crippen LogP contribution >= 0.6 is 11.3 Å². The molecule has 2 rings (SSSR count). The summed E-state index contributed by atoms with van der Waals surface area (Å²) >= 11 is 1.58. The Kier molecular flexibility index (Phi) is 8.22. The van der Waals surface area contributed by atoms with Crippen molar-refractivity contribution < 1.29 is 19.1 Å². The van der Waals surface area contributed by atoms with Gasteiger partial charge in [0.05, 0.1) is 17.2 Å². The van der Waals surface area contributed by atoms with Crippen LogP contribution in [-0.2, 0) is 16.1 Å². The van der Waals surface area contributed by atoms with Crippen molar-refractivity contribution in [2.75, 3.05) is 33.9 Å². The first kappa shape index (κ1) is 20.9. The average Bonchev–Trinajstić information content (AvgIpc) is 3.08. The summed E-state index contributed by atoms with van der Waals surface area (Å²) in [6.07, 6.45) is 0.738. The van der Waals surface area contributed by atoms with Crippen LogP contribution in [0.1, 0.15) is 27.5 Å². The first-order valence-corrected chi connectivity index (χ1v) is 9.52. The number of hydrogen-bond donors (Lipinski definition) is 1. The molecule has 7 nitrogen and oxygen atoms in total. The maximum atomic E-state index is 12.4. The van der Waals surface area contributed by atoms with Crippen molar-refractivity contribution in [3.63, 3.8) is 0 Å². The van der Waals surface area contributed by atoms with Gasteiger partial charge in [0.25, 0.3) is 5.91 Å². The number of carbonyl (C=O) groups is 2. The summed E-state index contributed by atoms with van der Waals surface area (Å²) in [5.74, 6) is 0.250. The van der Waals surface area contributed by atoms with Gasteiger partial charge in [-0.25, -0.2) is 4.98 Å². The first-order valence-electron chi connectivity index (χ1n) is 8.64. The lowest BCUT2D eigenvalue weighted by Gasteiger charge is -2.17. The molecule has 8 heteroatoms. The molecule has 0 fully saturated rings. The van der Waals surface area contributed by atoms with Crippen molar-refractivity contribution in [1.29, 1.82) is 0 Å². The molecular weight excluding hydrogens is 366 g/mol. The maximum absolute atomic E-state index is 12.4. The Morgan fingerprint density at radius 3 is 2.63 bits per heavy atom. The molecule has 0 aliphatic rings. The fraction of sp³-hybridized carbons (Fsp3) is 0.421. The number of nitrogens with one attached hydrogen (secondary N) is 1. The first-order chi connectivity index (χ1) is 13.0. The molecule has 0 saturated heterocycles. The summed E-state index contributed by atoms with van der Waals surface area (Å²) < 4.78 is 10.6. The van der Waals surface area contributed by atoms with Crippen LogP contribution in [0.5, 0.6) is 5.75 Å². The highest BCUT2D eigenvalue weighted by molar-refractivity contribution is 7.09. The van der Waals surface area contributed by atoms with E-state index in [-0.39, 0.29) is 18.4 Å². The summed E-state index contributed by atoms with van der Waals surface area (Å²) in [5, 5.41) is 5.72. The third-order valence-electron chi connectivity index (χ3n) is 3.73. The van der Waals surface area contributed by atoms with Crippen molar-refractivity contribution in [3.05, 3.63) is 45.9 Å². The SMILES string of the molecule is COCCCNC(=O)CN(C)C(=O)c1ccc(OCc2csc(C)n2)cc1. The summed E-state index contributed by atoms with van der Waals surface area (Å²) in [4.78, 5) is 30.0. The van der Waals surface area contributed by atoms with Gasteiger partial charge in [0, 0.05) is 38.3 Å². The van der Waals surface area contributed by atoms with Gasteiger partial charge in [-0.15, -0.1) is 11.3 Å². The molecule has 1 heterocycles. The van der Waals surface area contributed by atoms with E-state index in [1.54, 1.807) is 49.8 Å². The maximum Gasteiger partial charge on any atom is 0.254 e. The van der Waals surface area contributed by atoms with Crippen LogP contribution in [0.3, 0.4) is 0 Å². The number of amides is 2. The largest absolute Gasteiger partial charge is 0.487 e. The number of nitrogens with zero attached hydrogens (tertiary/aromatic N) is 2. The third kappa shape index (κ3) is 6.99. The number of benzene rings is 1. The molecule has 0 atom stereocenters.